The third-order valence-corrected chi connectivity index (χ3v) is 6.25. The van der Waals surface area contributed by atoms with Gasteiger partial charge in [-0.2, -0.15) is 0 Å². The average molecular weight is 403 g/mol. The molecule has 156 valence electrons. The molecule has 30 heavy (non-hydrogen) atoms. The Hall–Kier alpha value is -2.76. The lowest BCUT2D eigenvalue weighted by Gasteiger charge is -2.42. The summed E-state index contributed by atoms with van der Waals surface area (Å²) in [4.78, 5) is 13.2. The van der Waals surface area contributed by atoms with Gasteiger partial charge in [0, 0.05) is 32.5 Å². The molecule has 5 nitrogen and oxygen atoms in total. The summed E-state index contributed by atoms with van der Waals surface area (Å²) < 4.78 is 0. The molecular weight excluding hydrogens is 372 g/mol. The molecular formula is C25H30N4O. The van der Waals surface area contributed by atoms with Gasteiger partial charge in [-0.15, -0.1) is 0 Å². The Morgan fingerprint density at radius 2 is 1.43 bits per heavy atom. The van der Waals surface area contributed by atoms with Gasteiger partial charge in [0.1, 0.15) is 5.60 Å². The molecule has 0 saturated carbocycles. The lowest BCUT2D eigenvalue weighted by Crippen LogP contribution is -2.45. The van der Waals surface area contributed by atoms with Crippen molar-refractivity contribution >= 4 is 5.95 Å². The molecule has 0 atom stereocenters. The second-order valence-corrected chi connectivity index (χ2v) is 8.08. The van der Waals surface area contributed by atoms with Crippen molar-refractivity contribution in [2.24, 2.45) is 5.92 Å². The molecule has 0 unspecified atom stereocenters. The fourth-order valence-corrected chi connectivity index (χ4v) is 4.48. The van der Waals surface area contributed by atoms with Crippen LogP contribution in [0.5, 0.6) is 0 Å². The van der Waals surface area contributed by atoms with Gasteiger partial charge in [0.05, 0.1) is 0 Å². The number of benzene rings is 2. The van der Waals surface area contributed by atoms with Gasteiger partial charge in [-0.3, -0.25) is 0 Å². The maximum Gasteiger partial charge on any atom is 0.225 e. The van der Waals surface area contributed by atoms with Gasteiger partial charge < -0.3 is 14.9 Å². The van der Waals surface area contributed by atoms with Crippen LogP contribution in [0.25, 0.3) is 0 Å². The van der Waals surface area contributed by atoms with Crippen LogP contribution >= 0.6 is 0 Å². The van der Waals surface area contributed by atoms with Gasteiger partial charge >= 0.3 is 0 Å². The first-order valence-corrected chi connectivity index (χ1v) is 10.7. The number of hydrogen-bond acceptors (Lipinski definition) is 5. The largest absolute Gasteiger partial charge is 0.380 e. The van der Waals surface area contributed by atoms with Crippen LogP contribution in [0.4, 0.5) is 5.95 Å². The van der Waals surface area contributed by atoms with Gasteiger partial charge in [0.2, 0.25) is 5.95 Å². The topological polar surface area (TPSA) is 52.5 Å². The third-order valence-electron chi connectivity index (χ3n) is 6.25. The van der Waals surface area contributed by atoms with Crippen molar-refractivity contribution in [2.75, 3.05) is 38.1 Å². The molecule has 2 aromatic carbocycles. The van der Waals surface area contributed by atoms with Gasteiger partial charge in [0.25, 0.3) is 0 Å². The van der Waals surface area contributed by atoms with E-state index < -0.39 is 5.60 Å². The fraction of sp³-hybridized carbons (Fsp3) is 0.360. The Balaban J connectivity index is 1.42. The molecule has 3 aromatic rings. The first-order valence-electron chi connectivity index (χ1n) is 10.7. The van der Waals surface area contributed by atoms with Gasteiger partial charge in [-0.05, 0) is 49.0 Å². The normalized spacial score (nSPS) is 15.8. The lowest BCUT2D eigenvalue weighted by atomic mass is 9.72. The Morgan fingerprint density at radius 1 is 0.900 bits per heavy atom. The molecule has 1 aromatic heterocycles. The van der Waals surface area contributed by atoms with Gasteiger partial charge in [-0.25, -0.2) is 9.97 Å². The van der Waals surface area contributed by atoms with Crippen molar-refractivity contribution in [3.63, 3.8) is 0 Å². The second kappa shape index (κ2) is 9.37. The fourth-order valence-electron chi connectivity index (χ4n) is 4.48. The zero-order valence-electron chi connectivity index (χ0n) is 17.6. The Bertz CT molecular complexity index is 857. The van der Waals surface area contributed by atoms with E-state index in [1.807, 2.05) is 73.8 Å². The predicted molar refractivity (Wildman–Crippen MR) is 120 cm³/mol. The smallest absolute Gasteiger partial charge is 0.225 e. The number of likely N-dealkylation sites (N-methyl/N-ethyl adjacent to an activating group) is 1. The summed E-state index contributed by atoms with van der Waals surface area (Å²) >= 11 is 0. The Kier molecular flexibility index (Phi) is 6.41. The zero-order chi connectivity index (χ0) is 20.8. The summed E-state index contributed by atoms with van der Waals surface area (Å²) in [5, 5.41) is 12.0. The van der Waals surface area contributed by atoms with Crippen molar-refractivity contribution in [2.45, 2.75) is 18.4 Å². The molecule has 1 aliphatic rings. The first-order chi connectivity index (χ1) is 14.7. The maximum absolute atomic E-state index is 12.0. The molecule has 0 bridgehead atoms. The predicted octanol–water partition coefficient (Wildman–Crippen LogP) is 3.56. The molecule has 0 amide bonds. The van der Waals surface area contributed by atoms with Crippen molar-refractivity contribution < 1.29 is 5.11 Å². The number of anilines is 1. The highest BCUT2D eigenvalue weighted by Gasteiger charge is 2.41. The molecule has 1 N–H and O–H groups in total. The van der Waals surface area contributed by atoms with Crippen LogP contribution < -0.4 is 4.90 Å². The van der Waals surface area contributed by atoms with E-state index in [1.54, 1.807) is 12.4 Å². The quantitative estimate of drug-likeness (QED) is 0.655. The molecule has 1 aliphatic heterocycles. The highest BCUT2D eigenvalue weighted by molar-refractivity contribution is 5.37. The monoisotopic (exact) mass is 402 g/mol. The summed E-state index contributed by atoms with van der Waals surface area (Å²) in [6.45, 7) is 3.82. The van der Waals surface area contributed by atoms with Crippen LogP contribution in [0.15, 0.2) is 79.1 Å². The minimum atomic E-state index is -0.955. The SMILES string of the molecule is CN(CCN1CCC(C(O)(c2ccccc2)c2ccccc2)CC1)c1ncccn1. The van der Waals surface area contributed by atoms with Crippen LogP contribution in [0.1, 0.15) is 24.0 Å². The summed E-state index contributed by atoms with van der Waals surface area (Å²) in [5.74, 6) is 0.948. The van der Waals surface area contributed by atoms with Crippen LogP contribution in [-0.4, -0.2) is 53.2 Å². The van der Waals surface area contributed by atoms with E-state index in [4.69, 9.17) is 0 Å². The van der Waals surface area contributed by atoms with E-state index >= 15 is 0 Å². The number of hydrogen-bond donors (Lipinski definition) is 1. The second-order valence-electron chi connectivity index (χ2n) is 8.08. The number of aromatic nitrogens is 2. The number of aliphatic hydroxyl groups is 1. The molecule has 5 heteroatoms. The number of rotatable bonds is 7. The highest BCUT2D eigenvalue weighted by Crippen LogP contribution is 2.41. The Labute approximate surface area is 179 Å². The standard InChI is InChI=1S/C25H30N4O/c1-28(24-26-15-8-16-27-24)19-20-29-17-13-23(14-18-29)25(30,21-9-4-2-5-10-21)22-11-6-3-7-12-22/h2-12,15-16,23,30H,13-14,17-20H2,1H3. The summed E-state index contributed by atoms with van der Waals surface area (Å²) in [6, 6.07) is 22.1. The van der Waals surface area contributed by atoms with Crippen LogP contribution in [-0.2, 0) is 5.60 Å². The van der Waals surface area contributed by atoms with Crippen molar-refractivity contribution in [3.8, 4) is 0 Å². The summed E-state index contributed by atoms with van der Waals surface area (Å²) in [5.41, 5.74) is 1.01. The summed E-state index contributed by atoms with van der Waals surface area (Å²) in [7, 11) is 2.03. The van der Waals surface area contributed by atoms with E-state index in [1.165, 1.54) is 0 Å². The third kappa shape index (κ3) is 4.37. The maximum atomic E-state index is 12.0. The van der Waals surface area contributed by atoms with E-state index in [0.29, 0.717) is 0 Å². The minimum Gasteiger partial charge on any atom is -0.380 e. The van der Waals surface area contributed by atoms with E-state index in [-0.39, 0.29) is 5.92 Å². The Morgan fingerprint density at radius 3 is 1.97 bits per heavy atom. The lowest BCUT2D eigenvalue weighted by molar-refractivity contribution is -0.0137. The summed E-state index contributed by atoms with van der Waals surface area (Å²) in [6.07, 6.45) is 5.48. The average Bonchev–Trinajstić information content (AvgIpc) is 2.84. The molecule has 1 saturated heterocycles. The molecule has 2 heterocycles. The van der Waals surface area contributed by atoms with Crippen molar-refractivity contribution in [1.82, 2.24) is 14.9 Å². The number of likely N-dealkylation sites (tertiary alicyclic amines) is 1. The number of nitrogens with zero attached hydrogens (tertiary/aromatic N) is 4. The molecule has 1 fully saturated rings. The van der Waals surface area contributed by atoms with Gasteiger partial charge in [-0.1, -0.05) is 60.7 Å². The molecule has 0 aliphatic carbocycles. The van der Waals surface area contributed by atoms with Crippen molar-refractivity contribution in [3.05, 3.63) is 90.3 Å². The van der Waals surface area contributed by atoms with Crippen LogP contribution in [0.2, 0.25) is 0 Å². The van der Waals surface area contributed by atoms with Crippen LogP contribution in [0.3, 0.4) is 0 Å². The first kappa shape index (κ1) is 20.5. The molecule has 4 rings (SSSR count). The molecule has 0 spiro atoms. The zero-order valence-corrected chi connectivity index (χ0v) is 17.6. The van der Waals surface area contributed by atoms with Crippen molar-refractivity contribution in [1.29, 1.82) is 0 Å². The van der Waals surface area contributed by atoms with E-state index in [0.717, 1.165) is 56.1 Å². The number of piperidine rings is 1. The minimum absolute atomic E-state index is 0.189. The van der Waals surface area contributed by atoms with Gasteiger partial charge in [0.15, 0.2) is 0 Å². The van der Waals surface area contributed by atoms with E-state index in [9.17, 15) is 5.11 Å². The highest BCUT2D eigenvalue weighted by atomic mass is 16.3. The van der Waals surface area contributed by atoms with E-state index in [2.05, 4.69) is 19.8 Å². The molecule has 0 radical (unpaired) electrons. The van der Waals surface area contributed by atoms with Crippen LogP contribution in [0, 0.1) is 5.92 Å².